The first-order valence-electron chi connectivity index (χ1n) is 3.17. The molecule has 0 bridgehead atoms. The van der Waals surface area contributed by atoms with Gasteiger partial charge in [-0.05, 0) is 13.3 Å². The van der Waals surface area contributed by atoms with Crippen LogP contribution < -0.4 is 0 Å². The lowest BCUT2D eigenvalue weighted by atomic mass is 10.0. The van der Waals surface area contributed by atoms with E-state index in [0.29, 0.717) is 0 Å². The highest BCUT2D eigenvalue weighted by Crippen LogP contribution is 2.25. The van der Waals surface area contributed by atoms with Crippen molar-refractivity contribution in [2.24, 2.45) is 0 Å². The number of aliphatic hydroxyl groups is 2. The van der Waals surface area contributed by atoms with Crippen molar-refractivity contribution in [3.63, 3.8) is 0 Å². The zero-order chi connectivity index (χ0) is 9.12. The van der Waals surface area contributed by atoms with Gasteiger partial charge in [0.15, 0.2) is 0 Å². The summed E-state index contributed by atoms with van der Waals surface area (Å²) in [4.78, 5) is 0. The van der Waals surface area contributed by atoms with Crippen LogP contribution in [0.1, 0.15) is 19.8 Å². The molecule has 0 aromatic carbocycles. The summed E-state index contributed by atoms with van der Waals surface area (Å²) >= 11 is 0. The smallest absolute Gasteiger partial charge is 0.389 e. The van der Waals surface area contributed by atoms with Crippen LogP contribution in [-0.4, -0.2) is 28.6 Å². The normalized spacial score (nSPS) is 18.0. The summed E-state index contributed by atoms with van der Waals surface area (Å²) in [5.74, 6) is 0. The van der Waals surface area contributed by atoms with Crippen molar-refractivity contribution in [2.45, 2.75) is 31.5 Å². The minimum absolute atomic E-state index is 0.465. The Labute approximate surface area is 62.6 Å². The van der Waals surface area contributed by atoms with Crippen molar-refractivity contribution >= 4 is 0 Å². The van der Waals surface area contributed by atoms with Crippen molar-refractivity contribution in [2.75, 3.05) is 6.61 Å². The molecule has 0 aromatic rings. The van der Waals surface area contributed by atoms with Gasteiger partial charge in [-0.1, -0.05) is 0 Å². The minimum atomic E-state index is -4.26. The van der Waals surface area contributed by atoms with Gasteiger partial charge in [0, 0.05) is 6.42 Å². The van der Waals surface area contributed by atoms with Crippen LogP contribution in [0.4, 0.5) is 13.2 Å². The molecule has 11 heavy (non-hydrogen) atoms. The molecule has 0 aliphatic heterocycles. The summed E-state index contributed by atoms with van der Waals surface area (Å²) in [5.41, 5.74) is -1.62. The Morgan fingerprint density at radius 2 is 1.64 bits per heavy atom. The van der Waals surface area contributed by atoms with Crippen LogP contribution in [0.2, 0.25) is 0 Å². The minimum Gasteiger partial charge on any atom is -0.393 e. The molecule has 0 rings (SSSR count). The highest BCUT2D eigenvalue weighted by Gasteiger charge is 2.31. The second-order valence-electron chi connectivity index (χ2n) is 2.77. The Bertz CT molecular complexity index is 119. The molecule has 0 aromatic heterocycles. The van der Waals surface area contributed by atoms with Crippen molar-refractivity contribution < 1.29 is 23.4 Å². The Morgan fingerprint density at radius 3 is 1.91 bits per heavy atom. The second kappa shape index (κ2) is 3.40. The summed E-state index contributed by atoms with van der Waals surface area (Å²) in [6.07, 6.45) is -5.80. The van der Waals surface area contributed by atoms with Crippen molar-refractivity contribution in [3.05, 3.63) is 0 Å². The average Bonchev–Trinajstić information content (AvgIpc) is 1.83. The fraction of sp³-hybridized carbons (Fsp3) is 1.00. The van der Waals surface area contributed by atoms with Crippen molar-refractivity contribution in [1.29, 1.82) is 0 Å². The second-order valence-corrected chi connectivity index (χ2v) is 2.77. The van der Waals surface area contributed by atoms with E-state index in [1.54, 1.807) is 0 Å². The Morgan fingerprint density at radius 1 is 1.18 bits per heavy atom. The lowest BCUT2D eigenvalue weighted by Gasteiger charge is -2.20. The number of hydrogen-bond donors (Lipinski definition) is 2. The van der Waals surface area contributed by atoms with Crippen LogP contribution in [0.5, 0.6) is 0 Å². The molecule has 0 saturated carbocycles. The largest absolute Gasteiger partial charge is 0.393 e. The summed E-state index contributed by atoms with van der Waals surface area (Å²) < 4.78 is 34.6. The first-order valence-corrected chi connectivity index (χ1v) is 3.17. The van der Waals surface area contributed by atoms with Gasteiger partial charge in [-0.25, -0.2) is 0 Å². The molecular weight excluding hydrogens is 161 g/mol. The molecule has 68 valence electrons. The zero-order valence-corrected chi connectivity index (χ0v) is 6.15. The zero-order valence-electron chi connectivity index (χ0n) is 6.15. The maximum Gasteiger partial charge on any atom is 0.389 e. The molecular formula is C6H11F3O2. The molecule has 1 unspecified atom stereocenters. The van der Waals surface area contributed by atoms with Gasteiger partial charge in [0.2, 0.25) is 0 Å². The maximum absolute atomic E-state index is 11.5. The van der Waals surface area contributed by atoms with Crippen LogP contribution in [-0.2, 0) is 0 Å². The fourth-order valence-electron chi connectivity index (χ4n) is 0.490. The summed E-state index contributed by atoms with van der Waals surface area (Å²) in [6, 6.07) is 0. The molecule has 2 nitrogen and oxygen atoms in total. The maximum atomic E-state index is 11.5. The van der Waals surface area contributed by atoms with Crippen LogP contribution in [0, 0.1) is 0 Å². The van der Waals surface area contributed by atoms with Gasteiger partial charge in [0.1, 0.15) is 0 Å². The lowest BCUT2D eigenvalue weighted by molar-refractivity contribution is -0.148. The van der Waals surface area contributed by atoms with Gasteiger partial charge in [0.05, 0.1) is 12.2 Å². The van der Waals surface area contributed by atoms with Crippen LogP contribution >= 0.6 is 0 Å². The number of hydrogen-bond acceptors (Lipinski definition) is 2. The van der Waals surface area contributed by atoms with E-state index in [2.05, 4.69) is 0 Å². The third-order valence-corrected chi connectivity index (χ3v) is 1.29. The Kier molecular flexibility index (Phi) is 3.31. The van der Waals surface area contributed by atoms with E-state index in [4.69, 9.17) is 10.2 Å². The molecule has 0 heterocycles. The molecule has 0 radical (unpaired) electrons. The van der Waals surface area contributed by atoms with E-state index in [9.17, 15) is 13.2 Å². The number of alkyl halides is 3. The Balaban J connectivity index is 3.70. The van der Waals surface area contributed by atoms with Crippen molar-refractivity contribution in [3.8, 4) is 0 Å². The molecule has 2 N–H and O–H groups in total. The molecule has 0 fully saturated rings. The monoisotopic (exact) mass is 172 g/mol. The van der Waals surface area contributed by atoms with Gasteiger partial charge in [0.25, 0.3) is 0 Å². The van der Waals surface area contributed by atoms with Crippen LogP contribution in [0.25, 0.3) is 0 Å². The van der Waals surface area contributed by atoms with E-state index in [1.807, 2.05) is 0 Å². The van der Waals surface area contributed by atoms with E-state index in [0.717, 1.165) is 0 Å². The van der Waals surface area contributed by atoms with Crippen LogP contribution in [0.15, 0.2) is 0 Å². The first kappa shape index (κ1) is 10.7. The highest BCUT2D eigenvalue weighted by molar-refractivity contribution is 4.72. The lowest BCUT2D eigenvalue weighted by Crippen LogP contribution is -2.30. The Hall–Kier alpha value is -0.290. The standard InChI is InChI=1S/C6H11F3O2/c1-5(11,4-10)2-3-6(7,8)9/h10-11H,2-4H2,1H3. The summed E-state index contributed by atoms with van der Waals surface area (Å²) in [5, 5.41) is 17.3. The SMILES string of the molecule is CC(O)(CO)CCC(F)(F)F. The quantitative estimate of drug-likeness (QED) is 0.668. The highest BCUT2D eigenvalue weighted by atomic mass is 19.4. The third kappa shape index (κ3) is 6.12. The fourth-order valence-corrected chi connectivity index (χ4v) is 0.490. The summed E-state index contributed by atoms with van der Waals surface area (Å²) in [6.45, 7) is 0.516. The van der Waals surface area contributed by atoms with E-state index < -0.39 is 31.2 Å². The summed E-state index contributed by atoms with van der Waals surface area (Å²) in [7, 11) is 0. The molecule has 0 aliphatic carbocycles. The molecule has 5 heteroatoms. The van der Waals surface area contributed by atoms with Gasteiger partial charge < -0.3 is 10.2 Å². The third-order valence-electron chi connectivity index (χ3n) is 1.29. The van der Waals surface area contributed by atoms with Crippen LogP contribution in [0.3, 0.4) is 0 Å². The number of halogens is 3. The first-order chi connectivity index (χ1) is 4.77. The van der Waals surface area contributed by atoms with Gasteiger partial charge in [-0.15, -0.1) is 0 Å². The predicted octanol–water partition coefficient (Wildman–Crippen LogP) is 1.07. The topological polar surface area (TPSA) is 40.5 Å². The average molecular weight is 172 g/mol. The van der Waals surface area contributed by atoms with E-state index >= 15 is 0 Å². The molecule has 0 aliphatic rings. The van der Waals surface area contributed by atoms with E-state index in [-0.39, 0.29) is 0 Å². The molecule has 0 spiro atoms. The molecule has 0 saturated heterocycles. The van der Waals surface area contributed by atoms with Gasteiger partial charge in [-0.2, -0.15) is 13.2 Å². The van der Waals surface area contributed by atoms with Crippen molar-refractivity contribution in [1.82, 2.24) is 0 Å². The predicted molar refractivity (Wildman–Crippen MR) is 33.0 cm³/mol. The van der Waals surface area contributed by atoms with Gasteiger partial charge in [-0.3, -0.25) is 0 Å². The number of rotatable bonds is 3. The number of aliphatic hydroxyl groups excluding tert-OH is 1. The molecule has 0 amide bonds. The van der Waals surface area contributed by atoms with Gasteiger partial charge >= 0.3 is 6.18 Å². The molecule has 1 atom stereocenters. The van der Waals surface area contributed by atoms with E-state index in [1.165, 1.54) is 6.92 Å².